The largest absolute Gasteiger partial charge is 0.351 e. The number of pyridine rings is 1. The Bertz CT molecular complexity index is 710. The minimum atomic E-state index is 0.0222. The molecule has 1 saturated heterocycles. The van der Waals surface area contributed by atoms with Crippen LogP contribution in [-0.2, 0) is 5.75 Å². The number of hydrogen-bond acceptors (Lipinski definition) is 4. The lowest BCUT2D eigenvalue weighted by molar-refractivity contribution is 0.0891. The van der Waals surface area contributed by atoms with Crippen LogP contribution in [0.5, 0.6) is 0 Å². The van der Waals surface area contributed by atoms with Gasteiger partial charge in [-0.3, -0.25) is 9.78 Å². The number of nitrogens with one attached hydrogen (secondary N) is 1. The van der Waals surface area contributed by atoms with Crippen LogP contribution >= 0.6 is 11.8 Å². The van der Waals surface area contributed by atoms with E-state index in [0.717, 1.165) is 48.7 Å². The van der Waals surface area contributed by atoms with Crippen molar-refractivity contribution in [2.45, 2.75) is 30.4 Å². The Labute approximate surface area is 160 Å². The first-order valence-electron chi connectivity index (χ1n) is 9.13. The van der Waals surface area contributed by atoms with Crippen molar-refractivity contribution in [3.8, 4) is 0 Å². The van der Waals surface area contributed by atoms with Crippen molar-refractivity contribution in [1.82, 2.24) is 15.2 Å². The van der Waals surface area contributed by atoms with Gasteiger partial charge in [-0.2, -0.15) is 0 Å². The van der Waals surface area contributed by atoms with E-state index in [2.05, 4.69) is 35.2 Å². The van der Waals surface area contributed by atoms with Crippen LogP contribution in [0.3, 0.4) is 0 Å². The number of rotatable bonds is 6. The second kappa shape index (κ2) is 8.69. The Morgan fingerprint density at radius 3 is 2.62 bits per heavy atom. The smallest absolute Gasteiger partial charge is 0.251 e. The molecule has 1 aliphatic heterocycles. The number of likely N-dealkylation sites (tertiary alicyclic amines) is 1. The minimum absolute atomic E-state index is 0.0222. The molecule has 3 rings (SSSR count). The lowest BCUT2D eigenvalue weighted by Crippen LogP contribution is -2.43. The molecule has 0 saturated carbocycles. The average Bonchev–Trinajstić information content (AvgIpc) is 2.68. The summed E-state index contributed by atoms with van der Waals surface area (Å²) < 4.78 is 0. The van der Waals surface area contributed by atoms with Crippen molar-refractivity contribution in [3.63, 3.8) is 0 Å². The molecule has 1 aromatic heterocycles. The number of aromatic nitrogens is 1. The SMILES string of the molecule is CN1CCC(C)(CNC(=O)c2ccc(SCc3cccnc3)cc2)CC1. The fraction of sp³-hybridized carbons (Fsp3) is 0.429. The first-order chi connectivity index (χ1) is 12.5. The third kappa shape index (κ3) is 5.32. The number of thioether (sulfide) groups is 1. The summed E-state index contributed by atoms with van der Waals surface area (Å²) in [6.45, 7) is 5.24. The van der Waals surface area contributed by atoms with Crippen molar-refractivity contribution in [2.75, 3.05) is 26.7 Å². The quantitative estimate of drug-likeness (QED) is 0.786. The number of carbonyl (C=O) groups excluding carboxylic acids is 1. The third-order valence-electron chi connectivity index (χ3n) is 5.11. The first-order valence-corrected chi connectivity index (χ1v) is 10.1. The summed E-state index contributed by atoms with van der Waals surface area (Å²) in [5.74, 6) is 0.903. The maximum Gasteiger partial charge on any atom is 0.251 e. The molecule has 0 bridgehead atoms. The van der Waals surface area contributed by atoms with Gasteiger partial charge in [-0.15, -0.1) is 11.8 Å². The molecule has 5 heteroatoms. The molecule has 0 atom stereocenters. The van der Waals surface area contributed by atoms with E-state index in [1.807, 2.05) is 36.5 Å². The first kappa shape index (κ1) is 18.9. The summed E-state index contributed by atoms with van der Waals surface area (Å²) in [5, 5.41) is 3.13. The molecule has 2 aromatic rings. The van der Waals surface area contributed by atoms with Gasteiger partial charge >= 0.3 is 0 Å². The van der Waals surface area contributed by atoms with Crippen molar-refractivity contribution in [1.29, 1.82) is 0 Å². The van der Waals surface area contributed by atoms with Gasteiger partial charge in [0.2, 0.25) is 0 Å². The predicted molar refractivity (Wildman–Crippen MR) is 107 cm³/mol. The van der Waals surface area contributed by atoms with E-state index >= 15 is 0 Å². The van der Waals surface area contributed by atoms with Gasteiger partial charge in [0.05, 0.1) is 0 Å². The van der Waals surface area contributed by atoms with Crippen LogP contribution in [-0.4, -0.2) is 42.5 Å². The fourth-order valence-corrected chi connectivity index (χ4v) is 3.92. The predicted octanol–water partition coefficient (Wildman–Crippen LogP) is 3.84. The number of amides is 1. The summed E-state index contributed by atoms with van der Waals surface area (Å²) in [7, 11) is 2.16. The van der Waals surface area contributed by atoms with Crippen molar-refractivity contribution >= 4 is 17.7 Å². The molecule has 4 nitrogen and oxygen atoms in total. The Kier molecular flexibility index (Phi) is 6.33. The summed E-state index contributed by atoms with van der Waals surface area (Å²) >= 11 is 1.75. The van der Waals surface area contributed by atoms with Gasteiger partial charge in [0.1, 0.15) is 0 Å². The van der Waals surface area contributed by atoms with Crippen molar-refractivity contribution in [2.24, 2.45) is 5.41 Å². The zero-order chi connectivity index (χ0) is 18.4. The van der Waals surface area contributed by atoms with E-state index in [4.69, 9.17) is 0 Å². The Morgan fingerprint density at radius 2 is 1.96 bits per heavy atom. The molecular weight excluding hydrogens is 342 g/mol. The van der Waals surface area contributed by atoms with E-state index in [-0.39, 0.29) is 11.3 Å². The number of piperidine rings is 1. The van der Waals surface area contributed by atoms with Gasteiger partial charge in [0.15, 0.2) is 0 Å². The summed E-state index contributed by atoms with van der Waals surface area (Å²) in [4.78, 5) is 20.1. The Morgan fingerprint density at radius 1 is 1.23 bits per heavy atom. The van der Waals surface area contributed by atoms with Crippen molar-refractivity contribution in [3.05, 3.63) is 59.9 Å². The third-order valence-corrected chi connectivity index (χ3v) is 6.20. The van der Waals surface area contributed by atoms with Gasteiger partial charge < -0.3 is 10.2 Å². The molecule has 1 aromatic carbocycles. The topological polar surface area (TPSA) is 45.2 Å². The lowest BCUT2D eigenvalue weighted by Gasteiger charge is -2.37. The zero-order valence-electron chi connectivity index (χ0n) is 15.6. The van der Waals surface area contributed by atoms with Crippen molar-refractivity contribution < 1.29 is 4.79 Å². The summed E-state index contributed by atoms with van der Waals surface area (Å²) in [6.07, 6.45) is 5.94. The molecule has 0 spiro atoms. The molecule has 1 amide bonds. The van der Waals surface area contributed by atoms with Gasteiger partial charge in [-0.05, 0) is 74.3 Å². The highest BCUT2D eigenvalue weighted by Gasteiger charge is 2.29. The second-order valence-corrected chi connectivity index (χ2v) is 8.52. The van der Waals surface area contributed by atoms with E-state index in [1.165, 1.54) is 5.56 Å². The fourth-order valence-electron chi connectivity index (χ4n) is 3.08. The van der Waals surface area contributed by atoms with Gasteiger partial charge in [-0.25, -0.2) is 0 Å². The van der Waals surface area contributed by atoms with Crippen LogP contribution in [0.4, 0.5) is 0 Å². The van der Waals surface area contributed by atoms with Gasteiger partial charge in [0, 0.05) is 35.2 Å². The monoisotopic (exact) mass is 369 g/mol. The Balaban J connectivity index is 1.49. The number of nitrogens with zero attached hydrogens (tertiary/aromatic N) is 2. The van der Waals surface area contributed by atoms with E-state index in [9.17, 15) is 4.79 Å². The lowest BCUT2D eigenvalue weighted by atomic mass is 9.80. The molecule has 0 aliphatic carbocycles. The Hall–Kier alpha value is -1.85. The molecule has 1 aliphatic rings. The van der Waals surface area contributed by atoms with Crippen LogP contribution in [0.2, 0.25) is 0 Å². The highest BCUT2D eigenvalue weighted by atomic mass is 32.2. The number of carbonyl (C=O) groups is 1. The van der Waals surface area contributed by atoms with Crippen LogP contribution < -0.4 is 5.32 Å². The molecule has 26 heavy (non-hydrogen) atoms. The van der Waals surface area contributed by atoms with E-state index in [1.54, 1.807) is 18.0 Å². The van der Waals surface area contributed by atoms with Crippen LogP contribution in [0, 0.1) is 5.41 Å². The molecule has 1 N–H and O–H groups in total. The molecule has 0 radical (unpaired) electrons. The standard InChI is InChI=1S/C21H27N3OS/c1-21(9-12-24(2)13-10-21)16-23-20(25)18-5-7-19(8-6-18)26-15-17-4-3-11-22-14-17/h3-8,11,14H,9-10,12-13,15-16H2,1-2H3,(H,23,25). The average molecular weight is 370 g/mol. The van der Waals surface area contributed by atoms with Crippen LogP contribution in [0.25, 0.3) is 0 Å². The molecule has 1 fully saturated rings. The number of hydrogen-bond donors (Lipinski definition) is 1. The number of benzene rings is 1. The summed E-state index contributed by atoms with van der Waals surface area (Å²) in [6, 6.07) is 11.9. The minimum Gasteiger partial charge on any atom is -0.351 e. The van der Waals surface area contributed by atoms with E-state index < -0.39 is 0 Å². The molecule has 138 valence electrons. The molecule has 0 unspecified atom stereocenters. The zero-order valence-corrected chi connectivity index (χ0v) is 16.4. The maximum atomic E-state index is 12.4. The molecule has 2 heterocycles. The van der Waals surface area contributed by atoms with Crippen LogP contribution in [0.15, 0.2) is 53.7 Å². The molecular formula is C21H27N3OS. The highest BCUT2D eigenvalue weighted by Crippen LogP contribution is 2.29. The second-order valence-electron chi connectivity index (χ2n) is 7.47. The van der Waals surface area contributed by atoms with Crippen LogP contribution in [0.1, 0.15) is 35.7 Å². The summed E-state index contributed by atoms with van der Waals surface area (Å²) in [5.41, 5.74) is 2.14. The van der Waals surface area contributed by atoms with Gasteiger partial charge in [0.25, 0.3) is 5.91 Å². The van der Waals surface area contributed by atoms with E-state index in [0.29, 0.717) is 0 Å². The van der Waals surface area contributed by atoms with Gasteiger partial charge in [-0.1, -0.05) is 13.0 Å². The maximum absolute atomic E-state index is 12.4. The highest BCUT2D eigenvalue weighted by molar-refractivity contribution is 7.98. The normalized spacial score (nSPS) is 17.0.